The highest BCUT2D eigenvalue weighted by Gasteiger charge is 2.54. The molecule has 21 heteroatoms. The van der Waals surface area contributed by atoms with Crippen LogP contribution >= 0.6 is 11.3 Å². The molecule has 0 bridgehead atoms. The summed E-state index contributed by atoms with van der Waals surface area (Å²) in [6.45, 7) is -0.737. The van der Waals surface area contributed by atoms with Crippen LogP contribution in [-0.2, 0) is 29.5 Å². The third kappa shape index (κ3) is 5.82. The molecule has 3 heterocycles. The number of amides is 3. The number of carbonyl (C=O) groups excluding carboxylic acids is 3. The summed E-state index contributed by atoms with van der Waals surface area (Å²) in [4.78, 5) is 71.1. The molecular weight excluding hydrogens is 606 g/mol. The van der Waals surface area contributed by atoms with Crippen LogP contribution < -0.4 is 21.8 Å². The number of pyridine rings is 1. The Morgan fingerprint density at radius 2 is 1.93 bits per heavy atom. The van der Waals surface area contributed by atoms with Crippen LogP contribution in [0.1, 0.15) is 41.9 Å². The number of oxime groups is 1. The highest BCUT2D eigenvalue weighted by Crippen LogP contribution is 2.34. The molecule has 2 fully saturated rings. The average Bonchev–Trinajstić information content (AvgIpc) is 3.56. The SMILES string of the molecule is Nc1nc(C(=NOC2(C(=O)O)CCCC2)C(=O)N[C@@H]2C(=O)N(S(=O)(=O)O)[C@H]2CNC(=O)c2cc(=O)c(O)cn2O)cs1. The number of carbonyl (C=O) groups is 4. The van der Waals surface area contributed by atoms with Crippen molar-refractivity contribution in [1.29, 1.82) is 0 Å². The molecule has 2 aliphatic rings. The molecule has 8 N–H and O–H groups in total. The summed E-state index contributed by atoms with van der Waals surface area (Å²) in [5.41, 5.74) is 1.49. The Morgan fingerprint density at radius 3 is 2.50 bits per heavy atom. The quantitative estimate of drug-likeness (QED) is 0.0486. The number of nitrogens with one attached hydrogen (secondary N) is 2. The Bertz CT molecular complexity index is 1640. The van der Waals surface area contributed by atoms with Crippen LogP contribution in [0, 0.1) is 0 Å². The molecule has 2 atom stereocenters. The van der Waals surface area contributed by atoms with Gasteiger partial charge in [-0.2, -0.15) is 13.1 Å². The molecule has 2 aromatic rings. The van der Waals surface area contributed by atoms with Gasteiger partial charge in [-0.25, -0.2) is 14.1 Å². The zero-order valence-electron chi connectivity index (χ0n) is 21.2. The van der Waals surface area contributed by atoms with Crippen molar-refractivity contribution in [2.45, 2.75) is 43.4 Å². The van der Waals surface area contributed by atoms with Crippen molar-refractivity contribution >= 4 is 56.2 Å². The number of carboxylic acid groups (broad SMARTS) is 1. The lowest BCUT2D eigenvalue weighted by molar-refractivity contribution is -0.165. The van der Waals surface area contributed by atoms with Gasteiger partial charge >= 0.3 is 16.3 Å². The third-order valence-electron chi connectivity index (χ3n) is 6.51. The van der Waals surface area contributed by atoms with Crippen molar-refractivity contribution in [3.05, 3.63) is 39.3 Å². The molecule has 4 rings (SSSR count). The molecule has 42 heavy (non-hydrogen) atoms. The molecule has 226 valence electrons. The van der Waals surface area contributed by atoms with E-state index < -0.39 is 80.8 Å². The summed E-state index contributed by atoms with van der Waals surface area (Å²) in [6.07, 6.45) is 1.80. The van der Waals surface area contributed by atoms with Crippen LogP contribution in [0.5, 0.6) is 5.75 Å². The third-order valence-corrected chi connectivity index (χ3v) is 8.13. The number of aliphatic carboxylic acids is 1. The number of hydrogen-bond donors (Lipinski definition) is 7. The maximum atomic E-state index is 13.2. The van der Waals surface area contributed by atoms with E-state index in [2.05, 4.69) is 20.8 Å². The van der Waals surface area contributed by atoms with Crippen molar-refractivity contribution in [3.63, 3.8) is 0 Å². The van der Waals surface area contributed by atoms with Crippen molar-refractivity contribution < 1.29 is 52.4 Å². The fourth-order valence-corrected chi connectivity index (χ4v) is 5.79. The van der Waals surface area contributed by atoms with E-state index >= 15 is 0 Å². The highest BCUT2D eigenvalue weighted by atomic mass is 32.2. The average molecular weight is 630 g/mol. The maximum Gasteiger partial charge on any atom is 0.362 e. The molecule has 1 saturated heterocycles. The number of aromatic hydroxyl groups is 1. The molecule has 0 aromatic carbocycles. The number of thiazole rings is 1. The lowest BCUT2D eigenvalue weighted by Crippen LogP contribution is -2.74. The second kappa shape index (κ2) is 11.3. The van der Waals surface area contributed by atoms with E-state index in [0.29, 0.717) is 25.1 Å². The lowest BCUT2D eigenvalue weighted by atomic mass is 9.98. The van der Waals surface area contributed by atoms with E-state index in [1.54, 1.807) is 0 Å². The van der Waals surface area contributed by atoms with Gasteiger partial charge in [0.15, 0.2) is 16.6 Å². The molecule has 1 aliphatic heterocycles. The van der Waals surface area contributed by atoms with E-state index in [1.807, 2.05) is 0 Å². The number of nitrogen functional groups attached to an aromatic ring is 1. The monoisotopic (exact) mass is 629 g/mol. The largest absolute Gasteiger partial charge is 0.503 e. The number of rotatable bonds is 10. The fourth-order valence-electron chi connectivity index (χ4n) is 4.37. The lowest BCUT2D eigenvalue weighted by Gasteiger charge is -2.44. The van der Waals surface area contributed by atoms with Crippen molar-refractivity contribution in [2.24, 2.45) is 5.16 Å². The van der Waals surface area contributed by atoms with Gasteiger partial charge in [0.05, 0.1) is 12.2 Å². The number of carboxylic acids is 1. The van der Waals surface area contributed by atoms with E-state index in [4.69, 9.17) is 10.6 Å². The molecule has 2 aromatic heterocycles. The molecule has 19 nitrogen and oxygen atoms in total. The van der Waals surface area contributed by atoms with Gasteiger partial charge in [0.1, 0.15) is 17.4 Å². The predicted molar refractivity (Wildman–Crippen MR) is 139 cm³/mol. The van der Waals surface area contributed by atoms with E-state index in [9.17, 15) is 52.4 Å². The normalized spacial score (nSPS) is 20.1. The van der Waals surface area contributed by atoms with Gasteiger partial charge in [-0.15, -0.1) is 11.3 Å². The molecule has 3 amide bonds. The first-order valence-corrected chi connectivity index (χ1v) is 14.2. The Labute approximate surface area is 239 Å². The van der Waals surface area contributed by atoms with Crippen LogP contribution in [-0.4, -0.2) is 96.0 Å². The molecule has 0 unspecified atom stereocenters. The standard InChI is InChI=1S/C21H23N7O12S2/c22-20-24-9(8-41-20)14(26-40-21(19(34)35)3-1-2-4-21)17(32)25-15-11(28(18(15)33)42(37,38)39)6-23-16(31)10-5-12(29)13(30)7-27(10)36/h5,7-8,11,15,30,36H,1-4,6H2,(H2,22,24)(H,23,31)(H,25,32)(H,34,35)(H,37,38,39)/t11-,15-/m0/s1. The van der Waals surface area contributed by atoms with Crippen LogP contribution in [0.25, 0.3) is 0 Å². The van der Waals surface area contributed by atoms with Gasteiger partial charge in [-0.1, -0.05) is 5.16 Å². The number of aromatic nitrogens is 2. The van der Waals surface area contributed by atoms with Gasteiger partial charge in [-0.05, 0) is 12.8 Å². The Morgan fingerprint density at radius 1 is 1.26 bits per heavy atom. The van der Waals surface area contributed by atoms with Crippen LogP contribution in [0.15, 0.2) is 27.6 Å². The molecule has 1 aliphatic carbocycles. The Hall–Kier alpha value is -4.76. The van der Waals surface area contributed by atoms with Crippen LogP contribution in [0.2, 0.25) is 0 Å². The number of β-lactam (4-membered cyclic amide) rings is 1. The maximum absolute atomic E-state index is 13.2. The summed E-state index contributed by atoms with van der Waals surface area (Å²) < 4.78 is 33.3. The second-order valence-electron chi connectivity index (χ2n) is 9.20. The number of anilines is 1. The van der Waals surface area contributed by atoms with Crippen LogP contribution in [0.4, 0.5) is 5.13 Å². The first-order chi connectivity index (χ1) is 19.6. The van der Waals surface area contributed by atoms with Gasteiger partial charge in [0, 0.05) is 30.8 Å². The smallest absolute Gasteiger partial charge is 0.362 e. The molecule has 1 saturated carbocycles. The van der Waals surface area contributed by atoms with E-state index in [0.717, 1.165) is 11.3 Å². The topological polar surface area (TPSA) is 293 Å². The highest BCUT2D eigenvalue weighted by molar-refractivity contribution is 7.84. The Balaban J connectivity index is 1.57. The number of nitrogens with zero attached hydrogens (tertiary/aromatic N) is 4. The van der Waals surface area contributed by atoms with Gasteiger partial charge in [0.25, 0.3) is 17.7 Å². The molecule has 0 spiro atoms. The predicted octanol–water partition coefficient (Wildman–Crippen LogP) is -2.12. The molecular formula is C21H23N7O12S2. The van der Waals surface area contributed by atoms with Crippen molar-refractivity contribution in [2.75, 3.05) is 12.3 Å². The zero-order chi connectivity index (χ0) is 31.0. The first-order valence-electron chi connectivity index (χ1n) is 11.9. The van der Waals surface area contributed by atoms with Crippen molar-refractivity contribution in [1.82, 2.24) is 24.7 Å². The summed E-state index contributed by atoms with van der Waals surface area (Å²) in [5, 5.41) is 38.2. The van der Waals surface area contributed by atoms with E-state index in [-0.39, 0.29) is 32.7 Å². The number of nitrogens with two attached hydrogens (primary N) is 1. The minimum absolute atomic E-state index is 0.00811. The summed E-state index contributed by atoms with van der Waals surface area (Å²) >= 11 is 0.908. The van der Waals surface area contributed by atoms with Gasteiger partial charge in [-0.3, -0.25) is 23.7 Å². The van der Waals surface area contributed by atoms with Crippen LogP contribution in [0.3, 0.4) is 0 Å². The van der Waals surface area contributed by atoms with E-state index in [1.165, 1.54) is 5.38 Å². The van der Waals surface area contributed by atoms with Gasteiger partial charge < -0.3 is 36.6 Å². The fraction of sp³-hybridized carbons (Fsp3) is 0.381. The first kappa shape index (κ1) is 30.2. The van der Waals surface area contributed by atoms with Crippen molar-refractivity contribution in [3.8, 4) is 5.75 Å². The molecule has 0 radical (unpaired) electrons. The summed E-state index contributed by atoms with van der Waals surface area (Å²) in [6, 6.07) is -2.72. The Kier molecular flexibility index (Phi) is 8.09. The number of hydrogen-bond acceptors (Lipinski definition) is 14. The minimum atomic E-state index is -5.18. The van der Waals surface area contributed by atoms with Gasteiger partial charge in [0.2, 0.25) is 11.0 Å². The zero-order valence-corrected chi connectivity index (χ0v) is 22.8. The summed E-state index contributed by atoms with van der Waals surface area (Å²) in [7, 11) is -5.18. The minimum Gasteiger partial charge on any atom is -0.503 e. The second-order valence-corrected chi connectivity index (χ2v) is 11.4. The summed E-state index contributed by atoms with van der Waals surface area (Å²) in [5.74, 6) is -5.80.